The fourth-order valence-corrected chi connectivity index (χ4v) is 3.35. The van der Waals surface area contributed by atoms with E-state index in [1.807, 2.05) is 0 Å². The predicted molar refractivity (Wildman–Crippen MR) is 132 cm³/mol. The number of carbonyl (C=O) groups excluding carboxylic acids is 2. The second kappa shape index (κ2) is 10.6. The molecule has 0 heterocycles. The molecule has 0 aliphatic carbocycles. The van der Waals surface area contributed by atoms with E-state index in [4.69, 9.17) is 17.0 Å². The monoisotopic (exact) mass is 499 g/mol. The predicted octanol–water partition coefficient (Wildman–Crippen LogP) is 6.85. The van der Waals surface area contributed by atoms with E-state index in [0.29, 0.717) is 28.6 Å². The number of hydrogen-bond donors (Lipinski definition) is 2. The number of anilines is 2. The van der Waals surface area contributed by atoms with Gasteiger partial charge in [-0.15, -0.1) is 0 Å². The van der Waals surface area contributed by atoms with Gasteiger partial charge in [-0.3, -0.25) is 15.0 Å². The Bertz CT molecular complexity index is 1300. The van der Waals surface area contributed by atoms with Crippen LogP contribution in [0.3, 0.4) is 0 Å². The van der Waals surface area contributed by atoms with Crippen LogP contribution in [-0.4, -0.2) is 30.6 Å². The Morgan fingerprint density at radius 1 is 0.943 bits per heavy atom. The van der Waals surface area contributed by atoms with Gasteiger partial charge < -0.3 is 10.2 Å². The summed E-state index contributed by atoms with van der Waals surface area (Å²) in [5, 5.41) is 10.5. The van der Waals surface area contributed by atoms with Crippen LogP contribution in [0.5, 0.6) is 0 Å². The number of allylic oxidation sites excluding steroid dienone is 1. The summed E-state index contributed by atoms with van der Waals surface area (Å²) in [6, 6.07) is 19.0. The number of carbonyl (C=O) groups is 2. The van der Waals surface area contributed by atoms with E-state index in [9.17, 15) is 22.8 Å². The van der Waals surface area contributed by atoms with Crippen molar-refractivity contribution in [2.75, 3.05) is 17.3 Å². The van der Waals surface area contributed by atoms with Crippen molar-refractivity contribution < 1.29 is 22.8 Å². The van der Waals surface area contributed by atoms with Gasteiger partial charge >= 0.3 is 6.18 Å². The van der Waals surface area contributed by atoms with Crippen LogP contribution in [-0.2, 0) is 0 Å². The van der Waals surface area contributed by atoms with Crippen molar-refractivity contribution in [2.24, 2.45) is 0 Å². The van der Waals surface area contributed by atoms with Gasteiger partial charge in [0.15, 0.2) is 5.78 Å². The van der Waals surface area contributed by atoms with Crippen LogP contribution in [0.25, 0.3) is 5.70 Å². The Morgan fingerprint density at radius 3 is 2.17 bits per heavy atom. The van der Waals surface area contributed by atoms with Gasteiger partial charge in [0.25, 0.3) is 5.91 Å². The maximum absolute atomic E-state index is 13.0. The van der Waals surface area contributed by atoms with Gasteiger partial charge in [-0.1, -0.05) is 48.0 Å². The van der Waals surface area contributed by atoms with Gasteiger partial charge in [0.05, 0.1) is 10.7 Å². The SMILES string of the molecule is CC(=O)c1cccc(N(C)C(=O)c2ccc(/C(=C/C(=N)C(F)(F)F)Nc3ccccc3Cl)cc2)c1. The van der Waals surface area contributed by atoms with Crippen molar-refractivity contribution in [2.45, 2.75) is 13.1 Å². The van der Waals surface area contributed by atoms with Crippen LogP contribution in [0.2, 0.25) is 5.02 Å². The Morgan fingerprint density at radius 2 is 1.57 bits per heavy atom. The van der Waals surface area contributed by atoms with Gasteiger partial charge in [0.1, 0.15) is 5.71 Å². The molecule has 3 aromatic carbocycles. The highest BCUT2D eigenvalue weighted by Crippen LogP contribution is 2.28. The molecule has 5 nitrogen and oxygen atoms in total. The number of para-hydroxylation sites is 1. The molecule has 3 aromatic rings. The van der Waals surface area contributed by atoms with Crippen molar-refractivity contribution in [1.82, 2.24) is 0 Å². The summed E-state index contributed by atoms with van der Waals surface area (Å²) in [6.45, 7) is 1.43. The number of hydrogen-bond acceptors (Lipinski definition) is 4. The van der Waals surface area contributed by atoms with Crippen molar-refractivity contribution >= 4 is 46.1 Å². The molecule has 0 spiro atoms. The van der Waals surface area contributed by atoms with Crippen molar-refractivity contribution in [3.63, 3.8) is 0 Å². The molecule has 0 bridgehead atoms. The minimum Gasteiger partial charge on any atom is -0.354 e. The summed E-state index contributed by atoms with van der Waals surface area (Å²) < 4.78 is 39.1. The Labute approximate surface area is 205 Å². The molecule has 9 heteroatoms. The lowest BCUT2D eigenvalue weighted by Crippen LogP contribution is -2.26. The van der Waals surface area contributed by atoms with E-state index >= 15 is 0 Å². The first-order chi connectivity index (χ1) is 16.5. The number of amides is 1. The van der Waals surface area contributed by atoms with Gasteiger partial charge in [0.2, 0.25) is 0 Å². The molecule has 0 aliphatic heterocycles. The molecular weight excluding hydrogens is 479 g/mol. The number of Topliss-reactive ketones (excluding diaryl/α,β-unsaturated/α-hetero) is 1. The lowest BCUT2D eigenvalue weighted by Gasteiger charge is -2.19. The highest BCUT2D eigenvalue weighted by atomic mass is 35.5. The number of rotatable bonds is 7. The van der Waals surface area contributed by atoms with Crippen LogP contribution in [0.15, 0.2) is 78.9 Å². The Kier molecular flexibility index (Phi) is 7.76. The first-order valence-electron chi connectivity index (χ1n) is 10.4. The minimum atomic E-state index is -4.83. The van der Waals surface area contributed by atoms with E-state index < -0.39 is 11.9 Å². The smallest absolute Gasteiger partial charge is 0.354 e. The fraction of sp³-hybridized carbons (Fsp3) is 0.115. The molecule has 2 N–H and O–H groups in total. The summed E-state index contributed by atoms with van der Waals surface area (Å²) in [5.41, 5.74) is 0.389. The number of ketones is 1. The van der Waals surface area contributed by atoms with Crippen molar-refractivity contribution in [1.29, 1.82) is 5.41 Å². The molecule has 1 amide bonds. The summed E-state index contributed by atoms with van der Waals surface area (Å²) in [4.78, 5) is 26.0. The second-order valence-electron chi connectivity index (χ2n) is 7.62. The van der Waals surface area contributed by atoms with Crippen LogP contribution in [0, 0.1) is 5.41 Å². The molecule has 0 atom stereocenters. The average Bonchev–Trinajstić information content (AvgIpc) is 2.83. The fourth-order valence-electron chi connectivity index (χ4n) is 3.16. The number of nitrogens with zero attached hydrogens (tertiary/aromatic N) is 1. The number of halogens is 4. The molecule has 0 saturated carbocycles. The molecule has 0 aromatic heterocycles. The second-order valence-corrected chi connectivity index (χ2v) is 8.03. The zero-order valence-electron chi connectivity index (χ0n) is 18.8. The summed E-state index contributed by atoms with van der Waals surface area (Å²) in [7, 11) is 1.56. The largest absolute Gasteiger partial charge is 0.432 e. The van der Waals surface area contributed by atoms with Crippen LogP contribution >= 0.6 is 11.6 Å². The summed E-state index contributed by atoms with van der Waals surface area (Å²) in [5.74, 6) is -0.503. The molecule has 0 aliphatic rings. The molecule has 0 saturated heterocycles. The third kappa shape index (κ3) is 6.36. The third-order valence-electron chi connectivity index (χ3n) is 5.12. The quantitative estimate of drug-likeness (QED) is 0.275. The van der Waals surface area contributed by atoms with E-state index in [2.05, 4.69) is 5.32 Å². The van der Waals surface area contributed by atoms with Crippen molar-refractivity contribution in [3.05, 3.63) is 101 Å². The maximum Gasteiger partial charge on any atom is 0.432 e. The normalized spacial score (nSPS) is 11.7. The average molecular weight is 500 g/mol. The molecule has 180 valence electrons. The van der Waals surface area contributed by atoms with Gasteiger partial charge in [-0.25, -0.2) is 0 Å². The molecule has 3 rings (SSSR count). The molecule has 0 fully saturated rings. The van der Waals surface area contributed by atoms with E-state index in [1.54, 1.807) is 55.6 Å². The molecular formula is C26H21ClF3N3O2. The van der Waals surface area contributed by atoms with Gasteiger partial charge in [0, 0.05) is 29.6 Å². The van der Waals surface area contributed by atoms with Crippen molar-refractivity contribution in [3.8, 4) is 0 Å². The van der Waals surface area contributed by atoms with E-state index in [-0.39, 0.29) is 28.0 Å². The maximum atomic E-state index is 13.0. The molecule has 35 heavy (non-hydrogen) atoms. The zero-order valence-corrected chi connectivity index (χ0v) is 19.5. The first-order valence-corrected chi connectivity index (χ1v) is 10.7. The number of benzene rings is 3. The molecule has 0 radical (unpaired) electrons. The Balaban J connectivity index is 1.91. The van der Waals surface area contributed by atoms with E-state index in [0.717, 1.165) is 0 Å². The van der Waals surface area contributed by atoms with Crippen LogP contribution < -0.4 is 10.2 Å². The van der Waals surface area contributed by atoms with Crippen LogP contribution in [0.1, 0.15) is 33.2 Å². The van der Waals surface area contributed by atoms with E-state index in [1.165, 1.54) is 36.1 Å². The third-order valence-corrected chi connectivity index (χ3v) is 5.45. The topological polar surface area (TPSA) is 73.3 Å². The highest BCUT2D eigenvalue weighted by Gasteiger charge is 2.33. The lowest BCUT2D eigenvalue weighted by molar-refractivity contribution is -0.0583. The summed E-state index contributed by atoms with van der Waals surface area (Å²) >= 11 is 6.14. The Hall–Kier alpha value is -3.91. The number of alkyl halides is 3. The highest BCUT2D eigenvalue weighted by molar-refractivity contribution is 6.33. The zero-order chi connectivity index (χ0) is 25.8. The van der Waals surface area contributed by atoms with Gasteiger partial charge in [-0.2, -0.15) is 13.2 Å². The first kappa shape index (κ1) is 25.7. The lowest BCUT2D eigenvalue weighted by atomic mass is 10.1. The minimum absolute atomic E-state index is 0.0121. The van der Waals surface area contributed by atoms with Gasteiger partial charge in [-0.05, 0) is 55.0 Å². The standard InChI is InChI=1S/C26H21ClF3N3O2/c1-16(34)19-6-5-7-20(14-19)33(2)25(35)18-12-10-17(11-13-18)23(15-24(31)26(28,29)30)32-22-9-4-3-8-21(22)27/h3-15,31-32H,1-2H3/b23-15-,31-24?. The molecule has 0 unspecified atom stereocenters. The van der Waals surface area contributed by atoms with Crippen LogP contribution in [0.4, 0.5) is 24.5 Å². The summed E-state index contributed by atoms with van der Waals surface area (Å²) in [6.07, 6.45) is -4.17. The number of nitrogens with one attached hydrogen (secondary N) is 2.